The molecule has 6 nitrogen and oxygen atoms in total. The fourth-order valence-electron chi connectivity index (χ4n) is 3.47. The van der Waals surface area contributed by atoms with E-state index in [1.54, 1.807) is 36.4 Å². The molecule has 1 aliphatic heterocycles. The van der Waals surface area contributed by atoms with Gasteiger partial charge in [0.25, 0.3) is 11.5 Å². The predicted molar refractivity (Wildman–Crippen MR) is 111 cm³/mol. The maximum absolute atomic E-state index is 13.3. The van der Waals surface area contributed by atoms with Gasteiger partial charge in [0.05, 0.1) is 0 Å². The van der Waals surface area contributed by atoms with E-state index >= 15 is 0 Å². The van der Waals surface area contributed by atoms with Gasteiger partial charge in [0, 0.05) is 36.6 Å². The van der Waals surface area contributed by atoms with Crippen LogP contribution in [-0.4, -0.2) is 34.5 Å². The average Bonchev–Trinajstić information content (AvgIpc) is 2.76. The van der Waals surface area contributed by atoms with Crippen molar-refractivity contribution in [2.45, 2.75) is 25.1 Å². The highest BCUT2D eigenvalue weighted by molar-refractivity contribution is 9.10. The smallest absolute Gasteiger partial charge is 0.381 e. The van der Waals surface area contributed by atoms with Crippen molar-refractivity contribution < 1.29 is 22.7 Å². The first-order valence-electron chi connectivity index (χ1n) is 9.53. The van der Waals surface area contributed by atoms with Crippen LogP contribution in [0.4, 0.5) is 13.2 Å². The number of nitrogens with one attached hydrogen (secondary N) is 1. The number of rotatable bonds is 3. The first-order valence-corrected chi connectivity index (χ1v) is 10.3. The molecule has 1 aromatic carbocycles. The van der Waals surface area contributed by atoms with E-state index in [1.165, 1.54) is 6.20 Å². The van der Waals surface area contributed by atoms with Crippen LogP contribution in [0.3, 0.4) is 0 Å². The summed E-state index contributed by atoms with van der Waals surface area (Å²) in [7, 11) is 0. The summed E-state index contributed by atoms with van der Waals surface area (Å²) in [6.45, 7) is 1.21. The monoisotopic (exact) mass is 495 g/mol. The molecule has 2 aromatic heterocycles. The van der Waals surface area contributed by atoms with Crippen LogP contribution in [0.25, 0.3) is 16.8 Å². The van der Waals surface area contributed by atoms with Crippen LogP contribution in [-0.2, 0) is 10.9 Å². The predicted octanol–water partition coefficient (Wildman–Crippen LogP) is 4.05. The number of benzene rings is 1. The van der Waals surface area contributed by atoms with Crippen LogP contribution in [0.1, 0.15) is 28.9 Å². The molecule has 0 aliphatic carbocycles. The second kappa shape index (κ2) is 8.43. The molecule has 0 spiro atoms. The van der Waals surface area contributed by atoms with Crippen molar-refractivity contribution in [1.82, 2.24) is 14.7 Å². The lowest BCUT2D eigenvalue weighted by molar-refractivity contribution is -0.141. The third-order valence-electron chi connectivity index (χ3n) is 5.08. The topological polar surface area (TPSA) is 72.7 Å². The van der Waals surface area contributed by atoms with E-state index in [2.05, 4.69) is 26.2 Å². The summed E-state index contributed by atoms with van der Waals surface area (Å²) in [5.41, 5.74) is -0.956. The first kappa shape index (κ1) is 21.5. The number of nitrogens with zero attached hydrogens (tertiary/aromatic N) is 2. The van der Waals surface area contributed by atoms with E-state index in [-0.39, 0.29) is 17.6 Å². The molecule has 1 amide bonds. The highest BCUT2D eigenvalue weighted by Crippen LogP contribution is 2.33. The number of hydrogen-bond donors (Lipinski definition) is 1. The minimum absolute atomic E-state index is 0.0503. The molecule has 0 saturated carbocycles. The molecular formula is C21H17BrF3N3O3. The van der Waals surface area contributed by atoms with Gasteiger partial charge in [-0.1, -0.05) is 12.1 Å². The summed E-state index contributed by atoms with van der Waals surface area (Å²) < 4.78 is 45.7. The summed E-state index contributed by atoms with van der Waals surface area (Å²) in [4.78, 5) is 28.6. The van der Waals surface area contributed by atoms with E-state index < -0.39 is 21.9 Å². The molecule has 162 valence electrons. The van der Waals surface area contributed by atoms with Crippen LogP contribution in [0.2, 0.25) is 0 Å². The van der Waals surface area contributed by atoms with E-state index in [0.717, 1.165) is 17.2 Å². The molecule has 0 atom stereocenters. The van der Waals surface area contributed by atoms with Crippen LogP contribution in [0, 0.1) is 0 Å². The van der Waals surface area contributed by atoms with Gasteiger partial charge in [-0.2, -0.15) is 13.2 Å². The Morgan fingerprint density at radius 1 is 1.16 bits per heavy atom. The molecule has 3 heterocycles. The summed E-state index contributed by atoms with van der Waals surface area (Å²) in [6.07, 6.45) is -1.94. The van der Waals surface area contributed by atoms with Gasteiger partial charge in [-0.3, -0.25) is 14.0 Å². The van der Waals surface area contributed by atoms with Crippen LogP contribution in [0.5, 0.6) is 0 Å². The number of aromatic nitrogens is 2. The number of carbonyl (C=O) groups excluding carboxylic acids is 1. The molecule has 0 unspecified atom stereocenters. The molecule has 3 aromatic rings. The maximum atomic E-state index is 13.3. The molecule has 1 N–H and O–H groups in total. The molecule has 1 saturated heterocycles. The fraction of sp³-hybridized carbons (Fsp3) is 0.286. The van der Waals surface area contributed by atoms with E-state index in [1.807, 2.05) is 0 Å². The number of halogens is 4. The van der Waals surface area contributed by atoms with Gasteiger partial charge >= 0.3 is 6.18 Å². The fourth-order valence-corrected chi connectivity index (χ4v) is 3.97. The van der Waals surface area contributed by atoms with Gasteiger partial charge in [0.1, 0.15) is 10.1 Å². The van der Waals surface area contributed by atoms with E-state index in [4.69, 9.17) is 4.74 Å². The highest BCUT2D eigenvalue weighted by atomic mass is 79.9. The number of fused-ring (bicyclic) bond motifs is 1. The Bertz CT molecular complexity index is 1190. The normalized spacial score (nSPS) is 15.2. The maximum Gasteiger partial charge on any atom is 0.434 e. The van der Waals surface area contributed by atoms with Gasteiger partial charge in [0.2, 0.25) is 0 Å². The lowest BCUT2D eigenvalue weighted by Crippen LogP contribution is -2.38. The molecule has 0 radical (unpaired) electrons. The standard InChI is InChI=1S/C21H17BrF3N3O3/c22-16-17(21(23,24)25)27-18-15(2-1-9-28(18)20(16)30)12-3-5-13(6-4-12)19(29)26-14-7-10-31-11-8-14/h1-6,9,14H,7-8,10-11H2,(H,26,29). The molecule has 4 rings (SSSR count). The van der Waals surface area contributed by atoms with Gasteiger partial charge < -0.3 is 10.1 Å². The molecule has 0 bridgehead atoms. The Hall–Kier alpha value is -2.72. The Labute approximate surface area is 183 Å². The van der Waals surface area contributed by atoms with Crippen molar-refractivity contribution in [1.29, 1.82) is 0 Å². The van der Waals surface area contributed by atoms with Crippen molar-refractivity contribution in [3.8, 4) is 11.1 Å². The minimum atomic E-state index is -4.79. The Kier molecular flexibility index (Phi) is 5.85. The van der Waals surface area contributed by atoms with Crippen LogP contribution >= 0.6 is 15.9 Å². The Morgan fingerprint density at radius 3 is 2.48 bits per heavy atom. The number of amides is 1. The molecular weight excluding hydrogens is 479 g/mol. The van der Waals surface area contributed by atoms with E-state index in [0.29, 0.717) is 29.9 Å². The molecule has 1 fully saturated rings. The summed E-state index contributed by atoms with van der Waals surface area (Å²) in [5.74, 6) is -0.228. The largest absolute Gasteiger partial charge is 0.434 e. The van der Waals surface area contributed by atoms with Gasteiger partial charge in [-0.05, 0) is 58.6 Å². The second-order valence-corrected chi connectivity index (χ2v) is 7.92. The SMILES string of the molecule is O=C(NC1CCOCC1)c1ccc(-c2cccn3c(=O)c(Br)c(C(F)(F)F)nc23)cc1. The van der Waals surface area contributed by atoms with Crippen molar-refractivity contribution >= 4 is 27.5 Å². The molecule has 10 heteroatoms. The highest BCUT2D eigenvalue weighted by Gasteiger charge is 2.37. The summed E-state index contributed by atoms with van der Waals surface area (Å²) in [6, 6.07) is 9.61. The lowest BCUT2D eigenvalue weighted by Gasteiger charge is -2.23. The van der Waals surface area contributed by atoms with Crippen molar-refractivity contribution in [3.05, 3.63) is 68.7 Å². The molecule has 1 aliphatic rings. The minimum Gasteiger partial charge on any atom is -0.381 e. The third kappa shape index (κ3) is 4.35. The van der Waals surface area contributed by atoms with Crippen molar-refractivity contribution in [3.63, 3.8) is 0 Å². The Balaban J connectivity index is 1.69. The zero-order valence-electron chi connectivity index (χ0n) is 16.1. The second-order valence-electron chi connectivity index (χ2n) is 7.13. The molecule has 31 heavy (non-hydrogen) atoms. The zero-order chi connectivity index (χ0) is 22.2. The van der Waals surface area contributed by atoms with Gasteiger partial charge in [-0.25, -0.2) is 4.98 Å². The lowest BCUT2D eigenvalue weighted by atomic mass is 10.0. The zero-order valence-corrected chi connectivity index (χ0v) is 17.7. The Morgan fingerprint density at radius 2 is 1.84 bits per heavy atom. The number of alkyl halides is 3. The number of ether oxygens (including phenoxy) is 1. The summed E-state index contributed by atoms with van der Waals surface area (Å²) in [5, 5.41) is 2.95. The number of carbonyl (C=O) groups is 1. The quantitative estimate of drug-likeness (QED) is 0.594. The van der Waals surface area contributed by atoms with Crippen LogP contribution < -0.4 is 10.9 Å². The van der Waals surface area contributed by atoms with Crippen molar-refractivity contribution in [2.75, 3.05) is 13.2 Å². The van der Waals surface area contributed by atoms with Crippen LogP contribution in [0.15, 0.2) is 51.9 Å². The van der Waals surface area contributed by atoms with Gasteiger partial charge in [0.15, 0.2) is 5.69 Å². The first-order chi connectivity index (χ1) is 14.8. The van der Waals surface area contributed by atoms with Crippen molar-refractivity contribution in [2.24, 2.45) is 0 Å². The van der Waals surface area contributed by atoms with E-state index in [9.17, 15) is 22.8 Å². The summed E-state index contributed by atoms with van der Waals surface area (Å²) >= 11 is 2.72. The number of pyridine rings is 1. The van der Waals surface area contributed by atoms with Gasteiger partial charge in [-0.15, -0.1) is 0 Å². The average molecular weight is 496 g/mol. The third-order valence-corrected chi connectivity index (χ3v) is 5.80. The number of hydrogen-bond acceptors (Lipinski definition) is 4.